The number of nitrogens with two attached hydrogens (primary N) is 1. The predicted molar refractivity (Wildman–Crippen MR) is 103 cm³/mol. The minimum Gasteiger partial charge on any atom is -0.339 e. The molecule has 1 aliphatic heterocycles. The van der Waals surface area contributed by atoms with Gasteiger partial charge >= 0.3 is 0 Å². The van der Waals surface area contributed by atoms with Gasteiger partial charge in [0.2, 0.25) is 11.7 Å². The number of hydrogen-bond donors (Lipinski definition) is 1. The average molecular weight is 354 g/mol. The second-order valence-electron chi connectivity index (χ2n) is 8.14. The van der Waals surface area contributed by atoms with Crippen molar-refractivity contribution < 1.29 is 4.52 Å². The Bertz CT molecular complexity index is 748. The fraction of sp³-hybridized carbons (Fsp3) is 0.619. The first-order valence-electron chi connectivity index (χ1n) is 10.1. The summed E-state index contributed by atoms with van der Waals surface area (Å²) in [7, 11) is 0. The van der Waals surface area contributed by atoms with Gasteiger partial charge in [0.25, 0.3) is 0 Å². The summed E-state index contributed by atoms with van der Waals surface area (Å²) in [6.45, 7) is 5.19. The Hall–Kier alpha value is -1.72. The van der Waals surface area contributed by atoms with Crippen LogP contribution in [0.25, 0.3) is 11.4 Å². The highest BCUT2D eigenvalue weighted by Crippen LogP contribution is 2.29. The van der Waals surface area contributed by atoms with Gasteiger partial charge in [-0.2, -0.15) is 4.98 Å². The zero-order valence-corrected chi connectivity index (χ0v) is 15.8. The molecule has 1 saturated carbocycles. The van der Waals surface area contributed by atoms with Crippen LogP contribution >= 0.6 is 0 Å². The molecule has 0 unspecified atom stereocenters. The SMILES string of the molecule is Cc1nc(-c2ccc3c(c2)CCN(CCC2(N)CCCCC2)CC3)no1. The van der Waals surface area contributed by atoms with Gasteiger partial charge in [0.1, 0.15) is 0 Å². The van der Waals surface area contributed by atoms with E-state index < -0.39 is 0 Å². The van der Waals surface area contributed by atoms with Crippen LogP contribution in [0.4, 0.5) is 0 Å². The van der Waals surface area contributed by atoms with Gasteiger partial charge in [0.05, 0.1) is 0 Å². The van der Waals surface area contributed by atoms with Crippen molar-refractivity contribution in [2.75, 3.05) is 19.6 Å². The van der Waals surface area contributed by atoms with Crippen LogP contribution in [0, 0.1) is 6.92 Å². The summed E-state index contributed by atoms with van der Waals surface area (Å²) in [5.74, 6) is 1.30. The molecular weight excluding hydrogens is 324 g/mol. The normalized spacial score (nSPS) is 20.5. The highest BCUT2D eigenvalue weighted by Gasteiger charge is 2.28. The number of aryl methyl sites for hydroxylation is 1. The van der Waals surface area contributed by atoms with Gasteiger partial charge in [-0.25, -0.2) is 0 Å². The average Bonchev–Trinajstić information content (AvgIpc) is 2.97. The van der Waals surface area contributed by atoms with Crippen LogP contribution in [-0.4, -0.2) is 40.2 Å². The zero-order valence-electron chi connectivity index (χ0n) is 15.8. The van der Waals surface area contributed by atoms with E-state index in [1.807, 2.05) is 6.92 Å². The minimum atomic E-state index is 0.0844. The van der Waals surface area contributed by atoms with Crippen molar-refractivity contribution in [2.24, 2.45) is 5.73 Å². The van der Waals surface area contributed by atoms with Gasteiger partial charge in [-0.05, 0) is 55.8 Å². The maximum atomic E-state index is 6.64. The molecular formula is C21H30N4O. The third-order valence-corrected chi connectivity index (χ3v) is 6.16. The van der Waals surface area contributed by atoms with E-state index >= 15 is 0 Å². The Morgan fingerprint density at radius 2 is 1.88 bits per heavy atom. The van der Waals surface area contributed by atoms with Crippen LogP contribution in [0.5, 0.6) is 0 Å². The lowest BCUT2D eigenvalue weighted by Gasteiger charge is -2.35. The smallest absolute Gasteiger partial charge is 0.223 e. The second-order valence-corrected chi connectivity index (χ2v) is 8.14. The molecule has 2 N–H and O–H groups in total. The topological polar surface area (TPSA) is 68.2 Å². The summed E-state index contributed by atoms with van der Waals surface area (Å²) in [6, 6.07) is 6.61. The van der Waals surface area contributed by atoms with E-state index in [2.05, 4.69) is 33.2 Å². The molecule has 1 aromatic heterocycles. The van der Waals surface area contributed by atoms with E-state index in [4.69, 9.17) is 10.3 Å². The second kappa shape index (κ2) is 7.49. The summed E-state index contributed by atoms with van der Waals surface area (Å²) in [4.78, 5) is 6.95. The first-order valence-corrected chi connectivity index (χ1v) is 10.1. The van der Waals surface area contributed by atoms with Gasteiger partial charge in [-0.15, -0.1) is 0 Å². The van der Waals surface area contributed by atoms with Crippen molar-refractivity contribution in [1.82, 2.24) is 15.0 Å². The van der Waals surface area contributed by atoms with Crippen molar-refractivity contribution in [3.05, 3.63) is 35.2 Å². The molecule has 0 bridgehead atoms. The monoisotopic (exact) mass is 354 g/mol. The molecule has 140 valence electrons. The van der Waals surface area contributed by atoms with Crippen molar-refractivity contribution in [1.29, 1.82) is 0 Å². The molecule has 0 atom stereocenters. The molecule has 0 saturated heterocycles. The molecule has 1 aliphatic carbocycles. The first kappa shape index (κ1) is 17.7. The number of benzene rings is 1. The van der Waals surface area contributed by atoms with E-state index in [-0.39, 0.29) is 5.54 Å². The van der Waals surface area contributed by atoms with Crippen LogP contribution in [0.15, 0.2) is 22.7 Å². The number of rotatable bonds is 4. The van der Waals surface area contributed by atoms with Gasteiger partial charge in [0, 0.05) is 31.1 Å². The molecule has 4 rings (SSSR count). The van der Waals surface area contributed by atoms with E-state index in [0.29, 0.717) is 11.7 Å². The number of hydrogen-bond acceptors (Lipinski definition) is 5. The Morgan fingerprint density at radius 3 is 2.62 bits per heavy atom. The van der Waals surface area contributed by atoms with Gasteiger partial charge in [0.15, 0.2) is 0 Å². The number of fused-ring (bicyclic) bond motifs is 1. The van der Waals surface area contributed by atoms with E-state index in [1.54, 1.807) is 0 Å². The first-order chi connectivity index (χ1) is 12.6. The number of aromatic nitrogens is 2. The molecule has 0 radical (unpaired) electrons. The fourth-order valence-corrected chi connectivity index (χ4v) is 4.44. The standard InChI is InChI=1S/C21H30N4O/c1-16-23-20(24-26-16)19-6-5-17-7-12-25(13-8-18(17)15-19)14-11-21(22)9-3-2-4-10-21/h5-6,15H,2-4,7-14,22H2,1H3. The molecule has 0 amide bonds. The van der Waals surface area contributed by atoms with Crippen molar-refractivity contribution in [3.8, 4) is 11.4 Å². The van der Waals surface area contributed by atoms with E-state index in [0.717, 1.165) is 44.5 Å². The highest BCUT2D eigenvalue weighted by atomic mass is 16.5. The highest BCUT2D eigenvalue weighted by molar-refractivity contribution is 5.57. The molecule has 2 aromatic rings. The summed E-state index contributed by atoms with van der Waals surface area (Å²) < 4.78 is 5.12. The lowest BCUT2D eigenvalue weighted by molar-refractivity contribution is 0.213. The van der Waals surface area contributed by atoms with Crippen LogP contribution in [0.2, 0.25) is 0 Å². The molecule has 5 nitrogen and oxygen atoms in total. The van der Waals surface area contributed by atoms with Crippen molar-refractivity contribution >= 4 is 0 Å². The fourth-order valence-electron chi connectivity index (χ4n) is 4.44. The van der Waals surface area contributed by atoms with Gasteiger partial charge < -0.3 is 15.2 Å². The van der Waals surface area contributed by atoms with Crippen LogP contribution in [-0.2, 0) is 12.8 Å². The Labute approximate surface area is 156 Å². The van der Waals surface area contributed by atoms with E-state index in [9.17, 15) is 0 Å². The van der Waals surface area contributed by atoms with E-state index in [1.165, 1.54) is 43.2 Å². The maximum Gasteiger partial charge on any atom is 0.223 e. The Morgan fingerprint density at radius 1 is 1.12 bits per heavy atom. The lowest BCUT2D eigenvalue weighted by Crippen LogP contribution is -2.45. The lowest BCUT2D eigenvalue weighted by atomic mass is 9.80. The summed E-state index contributed by atoms with van der Waals surface area (Å²) >= 11 is 0. The molecule has 2 heterocycles. The molecule has 1 fully saturated rings. The summed E-state index contributed by atoms with van der Waals surface area (Å²) in [5, 5.41) is 4.05. The molecule has 26 heavy (non-hydrogen) atoms. The summed E-state index contributed by atoms with van der Waals surface area (Å²) in [5.41, 5.74) is 10.7. The predicted octanol–water partition coefficient (Wildman–Crippen LogP) is 3.50. The molecule has 1 aromatic carbocycles. The van der Waals surface area contributed by atoms with Crippen LogP contribution in [0.3, 0.4) is 0 Å². The van der Waals surface area contributed by atoms with Gasteiger partial charge in [-0.1, -0.05) is 36.6 Å². The Balaban J connectivity index is 1.39. The summed E-state index contributed by atoms with van der Waals surface area (Å²) in [6.07, 6.45) is 9.70. The maximum absolute atomic E-state index is 6.64. The van der Waals surface area contributed by atoms with Crippen LogP contribution in [0.1, 0.15) is 55.5 Å². The van der Waals surface area contributed by atoms with Crippen LogP contribution < -0.4 is 5.73 Å². The quantitative estimate of drug-likeness (QED) is 0.910. The Kier molecular flexibility index (Phi) is 5.09. The third kappa shape index (κ3) is 3.99. The minimum absolute atomic E-state index is 0.0844. The van der Waals surface area contributed by atoms with Crippen molar-refractivity contribution in [2.45, 2.75) is 63.8 Å². The van der Waals surface area contributed by atoms with Crippen molar-refractivity contribution in [3.63, 3.8) is 0 Å². The molecule has 2 aliphatic rings. The largest absolute Gasteiger partial charge is 0.339 e. The van der Waals surface area contributed by atoms with Gasteiger partial charge in [-0.3, -0.25) is 0 Å². The third-order valence-electron chi connectivity index (χ3n) is 6.16. The molecule has 5 heteroatoms. The zero-order chi connectivity index (χ0) is 18.0. The number of nitrogens with zero attached hydrogens (tertiary/aromatic N) is 3. The molecule has 0 spiro atoms.